The van der Waals surface area contributed by atoms with Gasteiger partial charge >= 0.3 is 5.97 Å². The van der Waals surface area contributed by atoms with Gasteiger partial charge in [0.2, 0.25) is 5.91 Å². The van der Waals surface area contributed by atoms with Crippen molar-refractivity contribution in [3.8, 4) is 11.1 Å². The summed E-state index contributed by atoms with van der Waals surface area (Å²) < 4.78 is 0. The highest BCUT2D eigenvalue weighted by atomic mass is 32.2. The SMILES string of the molecule is O=C(Cc1ccccc1)N[C@@H]1C(=O)N2C(C(=O)O)=C(Cc3ccc(-c4ccccc4)cc3)CS[C@H]12. The van der Waals surface area contributed by atoms with Crippen LogP contribution < -0.4 is 5.32 Å². The van der Waals surface area contributed by atoms with Gasteiger partial charge in [-0.05, 0) is 34.2 Å². The van der Waals surface area contributed by atoms with Crippen molar-refractivity contribution in [2.45, 2.75) is 24.3 Å². The van der Waals surface area contributed by atoms with E-state index in [0.717, 1.165) is 22.3 Å². The van der Waals surface area contributed by atoms with E-state index in [-0.39, 0.29) is 23.9 Å². The highest BCUT2D eigenvalue weighted by Crippen LogP contribution is 2.41. The third kappa shape index (κ3) is 4.72. The molecular formula is C28H24N2O4S. The molecule has 2 aliphatic heterocycles. The standard InChI is InChI=1S/C28H24N2O4S/c31-23(16-18-7-3-1-4-8-18)29-24-26(32)30-25(28(33)34)22(17-35-27(24)30)15-19-11-13-21(14-12-19)20-9-5-2-6-10-20/h1-14,24,27H,15-17H2,(H,29,31)(H,33,34)/t24-,27-/m1/s1. The number of hydrogen-bond acceptors (Lipinski definition) is 4. The van der Waals surface area contributed by atoms with Crippen molar-refractivity contribution in [1.82, 2.24) is 10.2 Å². The van der Waals surface area contributed by atoms with Gasteiger partial charge in [-0.2, -0.15) is 0 Å². The first-order valence-electron chi connectivity index (χ1n) is 11.4. The zero-order valence-electron chi connectivity index (χ0n) is 18.9. The van der Waals surface area contributed by atoms with E-state index in [9.17, 15) is 19.5 Å². The van der Waals surface area contributed by atoms with Gasteiger partial charge in [0.25, 0.3) is 5.91 Å². The van der Waals surface area contributed by atoms with Gasteiger partial charge in [0.1, 0.15) is 17.1 Å². The van der Waals surface area contributed by atoms with E-state index in [2.05, 4.69) is 5.32 Å². The molecule has 6 nitrogen and oxygen atoms in total. The molecule has 2 heterocycles. The first-order chi connectivity index (χ1) is 17.0. The Morgan fingerprint density at radius 2 is 1.51 bits per heavy atom. The lowest BCUT2D eigenvalue weighted by Gasteiger charge is -2.49. The summed E-state index contributed by atoms with van der Waals surface area (Å²) in [6.45, 7) is 0. The third-order valence-electron chi connectivity index (χ3n) is 6.25. The van der Waals surface area contributed by atoms with Crippen LogP contribution >= 0.6 is 11.8 Å². The number of β-lactam (4-membered cyclic amide) rings is 1. The van der Waals surface area contributed by atoms with Gasteiger partial charge in [-0.1, -0.05) is 84.9 Å². The maximum absolute atomic E-state index is 12.9. The molecule has 0 radical (unpaired) electrons. The predicted octanol–water partition coefficient (Wildman–Crippen LogP) is 3.88. The minimum absolute atomic E-state index is 0.0412. The summed E-state index contributed by atoms with van der Waals surface area (Å²) in [5.41, 5.74) is 4.79. The highest BCUT2D eigenvalue weighted by Gasteiger charge is 2.54. The van der Waals surface area contributed by atoms with E-state index in [0.29, 0.717) is 17.7 Å². The van der Waals surface area contributed by atoms with Crippen LogP contribution in [0.4, 0.5) is 0 Å². The molecular weight excluding hydrogens is 460 g/mol. The average Bonchev–Trinajstić information content (AvgIpc) is 2.88. The van der Waals surface area contributed by atoms with Crippen LogP contribution in [-0.2, 0) is 27.2 Å². The van der Waals surface area contributed by atoms with Crippen LogP contribution in [0.5, 0.6) is 0 Å². The van der Waals surface area contributed by atoms with Crippen LogP contribution in [0.15, 0.2) is 96.2 Å². The summed E-state index contributed by atoms with van der Waals surface area (Å²) in [7, 11) is 0. The largest absolute Gasteiger partial charge is 0.477 e. The molecule has 5 rings (SSSR count). The number of rotatable bonds is 7. The van der Waals surface area contributed by atoms with Crippen molar-refractivity contribution in [2.75, 3.05) is 5.75 Å². The van der Waals surface area contributed by atoms with E-state index in [4.69, 9.17) is 0 Å². The summed E-state index contributed by atoms with van der Waals surface area (Å²) in [5, 5.41) is 12.3. The number of benzene rings is 3. The third-order valence-corrected chi connectivity index (χ3v) is 7.59. The predicted molar refractivity (Wildman–Crippen MR) is 135 cm³/mol. The van der Waals surface area contributed by atoms with Gasteiger partial charge in [-0.15, -0.1) is 11.8 Å². The second-order valence-electron chi connectivity index (χ2n) is 8.61. The number of hydrogen-bond donors (Lipinski definition) is 2. The number of carboxylic acid groups (broad SMARTS) is 1. The molecule has 0 unspecified atom stereocenters. The fourth-order valence-electron chi connectivity index (χ4n) is 4.52. The second kappa shape index (κ2) is 9.80. The molecule has 2 aliphatic rings. The Labute approximate surface area is 207 Å². The monoisotopic (exact) mass is 484 g/mol. The van der Waals surface area contributed by atoms with Gasteiger partial charge < -0.3 is 10.4 Å². The molecule has 0 spiro atoms. The highest BCUT2D eigenvalue weighted by molar-refractivity contribution is 8.00. The second-order valence-corrected chi connectivity index (χ2v) is 9.72. The molecule has 2 atom stereocenters. The molecule has 0 aliphatic carbocycles. The van der Waals surface area contributed by atoms with E-state index in [1.54, 1.807) is 0 Å². The lowest BCUT2D eigenvalue weighted by Crippen LogP contribution is -2.70. The topological polar surface area (TPSA) is 86.7 Å². The Balaban J connectivity index is 1.29. The van der Waals surface area contributed by atoms with Crippen LogP contribution in [-0.4, -0.2) is 45.0 Å². The molecule has 0 aromatic heterocycles. The number of carboxylic acids is 1. The summed E-state index contributed by atoms with van der Waals surface area (Å²) in [5.74, 6) is -1.26. The lowest BCUT2D eigenvalue weighted by molar-refractivity contribution is -0.150. The van der Waals surface area contributed by atoms with E-state index in [1.165, 1.54) is 16.7 Å². The van der Waals surface area contributed by atoms with Gasteiger partial charge in [0, 0.05) is 5.75 Å². The zero-order valence-corrected chi connectivity index (χ0v) is 19.7. The van der Waals surface area contributed by atoms with Crippen molar-refractivity contribution in [1.29, 1.82) is 0 Å². The zero-order chi connectivity index (χ0) is 24.4. The molecule has 0 saturated carbocycles. The van der Waals surface area contributed by atoms with Crippen molar-refractivity contribution in [3.63, 3.8) is 0 Å². The Morgan fingerprint density at radius 3 is 2.17 bits per heavy atom. The quantitative estimate of drug-likeness (QED) is 0.497. The van der Waals surface area contributed by atoms with E-state index >= 15 is 0 Å². The maximum Gasteiger partial charge on any atom is 0.352 e. The number of thioether (sulfide) groups is 1. The molecule has 0 bridgehead atoms. The maximum atomic E-state index is 12.9. The minimum Gasteiger partial charge on any atom is -0.477 e. The molecule has 3 aromatic carbocycles. The summed E-state index contributed by atoms with van der Waals surface area (Å²) in [4.78, 5) is 38.8. The summed E-state index contributed by atoms with van der Waals surface area (Å²) >= 11 is 1.49. The van der Waals surface area contributed by atoms with Crippen LogP contribution in [0.1, 0.15) is 11.1 Å². The van der Waals surface area contributed by atoms with Crippen molar-refractivity contribution < 1.29 is 19.5 Å². The van der Waals surface area contributed by atoms with Crippen LogP contribution in [0, 0.1) is 0 Å². The lowest BCUT2D eigenvalue weighted by atomic mass is 9.97. The van der Waals surface area contributed by atoms with E-state index in [1.807, 2.05) is 84.9 Å². The fraction of sp³-hybridized carbons (Fsp3) is 0.179. The summed E-state index contributed by atoms with van der Waals surface area (Å²) in [6, 6.07) is 26.7. The van der Waals surface area contributed by atoms with Crippen LogP contribution in [0.3, 0.4) is 0 Å². The molecule has 3 aromatic rings. The van der Waals surface area contributed by atoms with Gasteiger partial charge in [-0.3, -0.25) is 14.5 Å². The molecule has 7 heteroatoms. The number of nitrogens with zero attached hydrogens (tertiary/aromatic N) is 1. The van der Waals surface area contributed by atoms with Crippen molar-refractivity contribution in [3.05, 3.63) is 107 Å². The first kappa shape index (κ1) is 22.9. The van der Waals surface area contributed by atoms with Crippen molar-refractivity contribution in [2.24, 2.45) is 0 Å². The number of fused-ring (bicyclic) bond motifs is 1. The smallest absolute Gasteiger partial charge is 0.352 e. The van der Waals surface area contributed by atoms with Gasteiger partial charge in [0.05, 0.1) is 6.42 Å². The molecule has 176 valence electrons. The summed E-state index contributed by atoms with van der Waals surface area (Å²) in [6.07, 6.45) is 0.624. The number of carbonyl (C=O) groups is 3. The Morgan fingerprint density at radius 1 is 0.886 bits per heavy atom. The Kier molecular flexibility index (Phi) is 6.42. The number of aliphatic carboxylic acids is 1. The Bertz CT molecular complexity index is 1290. The molecule has 2 amide bonds. The number of carbonyl (C=O) groups excluding carboxylic acids is 2. The number of nitrogens with one attached hydrogen (secondary N) is 1. The van der Waals surface area contributed by atoms with Gasteiger partial charge in [0.15, 0.2) is 0 Å². The normalized spacial score (nSPS) is 19.1. The molecule has 35 heavy (non-hydrogen) atoms. The molecule has 1 saturated heterocycles. The molecule has 2 N–H and O–H groups in total. The minimum atomic E-state index is -1.12. The fourth-order valence-corrected chi connectivity index (χ4v) is 5.86. The average molecular weight is 485 g/mol. The van der Waals surface area contributed by atoms with Crippen molar-refractivity contribution >= 4 is 29.5 Å². The van der Waals surface area contributed by atoms with Crippen LogP contribution in [0.2, 0.25) is 0 Å². The number of amides is 2. The first-order valence-corrected chi connectivity index (χ1v) is 12.4. The Hall–Kier alpha value is -3.84. The molecule has 1 fully saturated rings. The van der Waals surface area contributed by atoms with Gasteiger partial charge in [-0.25, -0.2) is 4.79 Å². The van der Waals surface area contributed by atoms with Crippen LogP contribution in [0.25, 0.3) is 11.1 Å². The van der Waals surface area contributed by atoms with E-state index < -0.39 is 17.4 Å².